The third-order valence-corrected chi connectivity index (χ3v) is 6.49. The van der Waals surface area contributed by atoms with Gasteiger partial charge in [0.05, 0.1) is 18.3 Å². The van der Waals surface area contributed by atoms with E-state index in [1.807, 2.05) is 70.2 Å². The van der Waals surface area contributed by atoms with Gasteiger partial charge in [0, 0.05) is 12.0 Å². The number of hydrogen-bond acceptors (Lipinski definition) is 5. The van der Waals surface area contributed by atoms with Gasteiger partial charge in [-0.2, -0.15) is 0 Å². The van der Waals surface area contributed by atoms with Crippen molar-refractivity contribution >= 4 is 34.2 Å². The number of aliphatic carboxylic acids is 1. The highest BCUT2D eigenvalue weighted by molar-refractivity contribution is 6.00. The summed E-state index contributed by atoms with van der Waals surface area (Å²) < 4.78 is 5.89. The van der Waals surface area contributed by atoms with Crippen molar-refractivity contribution in [3.8, 4) is 5.75 Å². The summed E-state index contributed by atoms with van der Waals surface area (Å²) in [7, 11) is 0. The lowest BCUT2D eigenvalue weighted by atomic mass is 9.99. The Morgan fingerprint density at radius 2 is 1.68 bits per heavy atom. The van der Waals surface area contributed by atoms with Gasteiger partial charge in [0.1, 0.15) is 11.8 Å². The SMILES string of the molecule is CC[C@H](C)[C@H](N)C(=O)Nc1ccc(C(=O)N[C@@H](Cc2ccc3ccccc3c2)C(=O)O)cc1OCC(C)C. The number of nitrogens with two attached hydrogens (primary N) is 1. The maximum atomic E-state index is 13.1. The van der Waals surface area contributed by atoms with Crippen molar-refractivity contribution in [2.45, 2.75) is 52.6 Å². The first-order chi connectivity index (χ1) is 18.1. The smallest absolute Gasteiger partial charge is 0.326 e. The van der Waals surface area contributed by atoms with E-state index in [-0.39, 0.29) is 29.7 Å². The molecule has 0 spiro atoms. The van der Waals surface area contributed by atoms with E-state index < -0.39 is 24.0 Å². The minimum Gasteiger partial charge on any atom is -0.491 e. The molecule has 0 radical (unpaired) electrons. The van der Waals surface area contributed by atoms with Crippen LogP contribution in [-0.4, -0.2) is 41.6 Å². The van der Waals surface area contributed by atoms with Crippen LogP contribution in [0.2, 0.25) is 0 Å². The molecule has 3 aromatic carbocycles. The van der Waals surface area contributed by atoms with Gasteiger partial charge in [-0.05, 0) is 46.4 Å². The molecule has 3 aromatic rings. The number of fused-ring (bicyclic) bond motifs is 1. The molecule has 8 heteroatoms. The Balaban J connectivity index is 1.79. The molecule has 3 atom stereocenters. The lowest BCUT2D eigenvalue weighted by molar-refractivity contribution is -0.139. The molecule has 0 heterocycles. The average molecular weight is 520 g/mol. The van der Waals surface area contributed by atoms with Crippen LogP contribution >= 0.6 is 0 Å². The lowest BCUT2D eigenvalue weighted by Gasteiger charge is -2.20. The molecule has 0 saturated heterocycles. The number of nitrogens with one attached hydrogen (secondary N) is 2. The number of amides is 2. The predicted octanol–water partition coefficient (Wildman–Crippen LogP) is 4.61. The first kappa shape index (κ1) is 28.7. The van der Waals surface area contributed by atoms with Gasteiger partial charge in [-0.1, -0.05) is 76.6 Å². The summed E-state index contributed by atoms with van der Waals surface area (Å²) in [6.45, 7) is 8.21. The van der Waals surface area contributed by atoms with Gasteiger partial charge in [-0.25, -0.2) is 4.79 Å². The number of hydrogen-bond donors (Lipinski definition) is 4. The molecule has 0 aromatic heterocycles. The molecule has 8 nitrogen and oxygen atoms in total. The topological polar surface area (TPSA) is 131 Å². The summed E-state index contributed by atoms with van der Waals surface area (Å²) in [5, 5.41) is 17.3. The van der Waals surface area contributed by atoms with Crippen molar-refractivity contribution in [1.29, 1.82) is 0 Å². The minimum atomic E-state index is -1.13. The number of ether oxygens (including phenoxy) is 1. The Morgan fingerprint density at radius 1 is 0.974 bits per heavy atom. The van der Waals surface area contributed by atoms with E-state index in [1.54, 1.807) is 6.07 Å². The molecule has 38 heavy (non-hydrogen) atoms. The third kappa shape index (κ3) is 7.55. The summed E-state index contributed by atoms with van der Waals surface area (Å²) in [5.74, 6) is -1.51. The molecular weight excluding hydrogens is 482 g/mol. The van der Waals surface area contributed by atoms with Gasteiger partial charge >= 0.3 is 5.97 Å². The molecule has 0 bridgehead atoms. The van der Waals surface area contributed by atoms with E-state index in [0.717, 1.165) is 22.8 Å². The molecule has 2 amide bonds. The summed E-state index contributed by atoms with van der Waals surface area (Å²) in [6.07, 6.45) is 0.888. The molecule has 0 aliphatic carbocycles. The molecule has 3 rings (SSSR count). The van der Waals surface area contributed by atoms with Crippen LogP contribution in [-0.2, 0) is 16.0 Å². The van der Waals surface area contributed by atoms with Crippen molar-refractivity contribution in [3.05, 3.63) is 71.8 Å². The predicted molar refractivity (Wildman–Crippen MR) is 149 cm³/mol. The van der Waals surface area contributed by atoms with Crippen LogP contribution in [0.5, 0.6) is 5.75 Å². The number of carboxylic acid groups (broad SMARTS) is 1. The van der Waals surface area contributed by atoms with E-state index in [2.05, 4.69) is 10.6 Å². The molecule has 0 aliphatic rings. The average Bonchev–Trinajstić information content (AvgIpc) is 2.90. The van der Waals surface area contributed by atoms with E-state index in [0.29, 0.717) is 18.0 Å². The fraction of sp³-hybridized carbons (Fsp3) is 0.367. The maximum absolute atomic E-state index is 13.1. The first-order valence-corrected chi connectivity index (χ1v) is 12.9. The van der Waals surface area contributed by atoms with E-state index in [9.17, 15) is 19.5 Å². The first-order valence-electron chi connectivity index (χ1n) is 12.9. The number of anilines is 1. The van der Waals surface area contributed by atoms with Gasteiger partial charge in [-0.3, -0.25) is 9.59 Å². The normalized spacial score (nSPS) is 13.5. The Labute approximate surface area is 223 Å². The second-order valence-corrected chi connectivity index (χ2v) is 10.1. The highest BCUT2D eigenvalue weighted by Gasteiger charge is 2.24. The van der Waals surface area contributed by atoms with Crippen LogP contribution in [0.25, 0.3) is 10.8 Å². The minimum absolute atomic E-state index is 0.00404. The van der Waals surface area contributed by atoms with Crippen LogP contribution in [0, 0.1) is 11.8 Å². The van der Waals surface area contributed by atoms with E-state index in [1.165, 1.54) is 12.1 Å². The van der Waals surface area contributed by atoms with E-state index >= 15 is 0 Å². The van der Waals surface area contributed by atoms with Crippen molar-refractivity contribution < 1.29 is 24.2 Å². The number of benzene rings is 3. The van der Waals surface area contributed by atoms with Gasteiger partial charge in [0.2, 0.25) is 5.91 Å². The fourth-order valence-corrected chi connectivity index (χ4v) is 3.91. The summed E-state index contributed by atoms with van der Waals surface area (Å²) in [4.78, 5) is 37.7. The number of rotatable bonds is 12. The highest BCUT2D eigenvalue weighted by Crippen LogP contribution is 2.27. The molecule has 0 aliphatic heterocycles. The van der Waals surface area contributed by atoms with Crippen molar-refractivity contribution in [2.75, 3.05) is 11.9 Å². The molecule has 0 fully saturated rings. The van der Waals surface area contributed by atoms with E-state index in [4.69, 9.17) is 10.5 Å². The Morgan fingerprint density at radius 3 is 2.34 bits per heavy atom. The Kier molecular flexibility index (Phi) is 9.85. The highest BCUT2D eigenvalue weighted by atomic mass is 16.5. The van der Waals surface area contributed by atoms with Crippen LogP contribution in [0.1, 0.15) is 50.0 Å². The zero-order valence-corrected chi connectivity index (χ0v) is 22.4. The van der Waals surface area contributed by atoms with Crippen molar-refractivity contribution in [3.63, 3.8) is 0 Å². The molecule has 5 N–H and O–H groups in total. The third-order valence-electron chi connectivity index (χ3n) is 6.49. The Bertz CT molecular complexity index is 1290. The van der Waals surface area contributed by atoms with Crippen LogP contribution in [0.3, 0.4) is 0 Å². The quantitative estimate of drug-likeness (QED) is 0.276. The zero-order chi connectivity index (χ0) is 27.8. The maximum Gasteiger partial charge on any atom is 0.326 e. The monoisotopic (exact) mass is 519 g/mol. The summed E-state index contributed by atoms with van der Waals surface area (Å²) in [6, 6.07) is 16.3. The largest absolute Gasteiger partial charge is 0.491 e. The fourth-order valence-electron chi connectivity index (χ4n) is 3.91. The number of carbonyl (C=O) groups excluding carboxylic acids is 2. The molecule has 0 saturated carbocycles. The summed E-state index contributed by atoms with van der Waals surface area (Å²) >= 11 is 0. The molecule has 0 unspecified atom stereocenters. The zero-order valence-electron chi connectivity index (χ0n) is 22.4. The van der Waals surface area contributed by atoms with Gasteiger partial charge in [0.15, 0.2) is 0 Å². The van der Waals surface area contributed by atoms with Crippen LogP contribution < -0.4 is 21.1 Å². The molecule has 202 valence electrons. The number of carbonyl (C=O) groups is 3. The van der Waals surface area contributed by atoms with Gasteiger partial charge in [-0.15, -0.1) is 0 Å². The van der Waals surface area contributed by atoms with Crippen molar-refractivity contribution in [2.24, 2.45) is 17.6 Å². The van der Waals surface area contributed by atoms with Gasteiger partial charge in [0.25, 0.3) is 5.91 Å². The summed E-state index contributed by atoms with van der Waals surface area (Å²) in [5.41, 5.74) is 7.49. The number of carboxylic acids is 1. The van der Waals surface area contributed by atoms with Gasteiger partial charge < -0.3 is 26.2 Å². The van der Waals surface area contributed by atoms with Crippen LogP contribution in [0.15, 0.2) is 60.7 Å². The Hall–Kier alpha value is -3.91. The second kappa shape index (κ2) is 13.1. The lowest BCUT2D eigenvalue weighted by Crippen LogP contribution is -2.42. The van der Waals surface area contributed by atoms with Crippen LogP contribution in [0.4, 0.5) is 5.69 Å². The standard InChI is InChI=1S/C30H37N3O5/c1-5-19(4)27(31)29(35)32-24-13-12-23(16-26(24)38-17-18(2)3)28(34)33-25(30(36)37)15-20-10-11-21-8-6-7-9-22(21)14-20/h6-14,16,18-19,25,27H,5,15,17,31H2,1-4H3,(H,32,35)(H,33,34)(H,36,37)/t19-,25-,27-/m0/s1. The molecular formula is C30H37N3O5. The van der Waals surface area contributed by atoms with Crippen molar-refractivity contribution in [1.82, 2.24) is 5.32 Å². The second-order valence-electron chi connectivity index (χ2n) is 10.1.